The van der Waals surface area contributed by atoms with E-state index in [-0.39, 0.29) is 10.6 Å². The lowest BCUT2D eigenvalue weighted by atomic mass is 10.2. The molecule has 2 aromatic carbocycles. The summed E-state index contributed by atoms with van der Waals surface area (Å²) in [5, 5.41) is 0.750. The van der Waals surface area contributed by atoms with Crippen LogP contribution >= 0.6 is 0 Å². The zero-order valence-corrected chi connectivity index (χ0v) is 13.5. The van der Waals surface area contributed by atoms with E-state index in [9.17, 15) is 8.42 Å². The first-order chi connectivity index (χ1) is 11.0. The fourth-order valence-corrected chi connectivity index (χ4v) is 3.37. The zero-order chi connectivity index (χ0) is 16.4. The van der Waals surface area contributed by atoms with Crippen LogP contribution in [0.25, 0.3) is 10.9 Å². The average Bonchev–Trinajstić information content (AvgIpc) is 2.53. The van der Waals surface area contributed by atoms with Gasteiger partial charge in [0.25, 0.3) is 0 Å². The number of rotatable bonds is 4. The molecule has 0 aliphatic rings. The van der Waals surface area contributed by atoms with Gasteiger partial charge in [-0.1, -0.05) is 18.2 Å². The number of aromatic nitrogens is 1. The van der Waals surface area contributed by atoms with E-state index in [1.165, 1.54) is 19.2 Å². The second-order valence-electron chi connectivity index (χ2n) is 5.06. The van der Waals surface area contributed by atoms with E-state index in [4.69, 9.17) is 8.92 Å². The highest BCUT2D eigenvalue weighted by Gasteiger charge is 2.21. The predicted octanol–water partition coefficient (Wildman–Crippen LogP) is 3.32. The molecule has 3 aromatic rings. The number of hydrogen-bond acceptors (Lipinski definition) is 5. The molecule has 1 aromatic heterocycles. The molecule has 118 valence electrons. The molecule has 0 radical (unpaired) electrons. The fraction of sp³-hybridized carbons (Fsp3) is 0.118. The lowest BCUT2D eigenvalue weighted by molar-refractivity contribution is 0.411. The highest BCUT2D eigenvalue weighted by molar-refractivity contribution is 7.87. The number of ether oxygens (including phenoxy) is 1. The summed E-state index contributed by atoms with van der Waals surface area (Å²) in [5.74, 6) is 0.706. The molecular formula is C17H15NO4S. The Morgan fingerprint density at radius 3 is 2.52 bits per heavy atom. The van der Waals surface area contributed by atoms with Crippen molar-refractivity contribution in [3.8, 4) is 11.5 Å². The molecule has 0 bridgehead atoms. The van der Waals surface area contributed by atoms with Gasteiger partial charge in [-0.05, 0) is 36.8 Å². The first-order valence-electron chi connectivity index (χ1n) is 6.93. The van der Waals surface area contributed by atoms with Crippen LogP contribution in [0.5, 0.6) is 11.5 Å². The largest absolute Gasteiger partial charge is 0.497 e. The Morgan fingerprint density at radius 1 is 1.00 bits per heavy atom. The van der Waals surface area contributed by atoms with Gasteiger partial charge in [-0.2, -0.15) is 8.42 Å². The quantitative estimate of drug-likeness (QED) is 0.687. The van der Waals surface area contributed by atoms with Crippen molar-refractivity contribution in [1.29, 1.82) is 0 Å². The van der Waals surface area contributed by atoms with Gasteiger partial charge in [-0.15, -0.1) is 0 Å². The number of benzene rings is 2. The molecule has 3 rings (SSSR count). The second-order valence-corrected chi connectivity index (χ2v) is 6.57. The average molecular weight is 329 g/mol. The minimum absolute atomic E-state index is 0.0396. The number of aryl methyl sites for hydroxylation is 1. The van der Waals surface area contributed by atoms with E-state index >= 15 is 0 Å². The number of nitrogens with zero attached hydrogens (tertiary/aromatic N) is 1. The molecule has 0 aliphatic heterocycles. The molecule has 0 aliphatic carbocycles. The Labute approximate surface area is 134 Å². The summed E-state index contributed by atoms with van der Waals surface area (Å²) >= 11 is 0. The molecule has 0 amide bonds. The summed E-state index contributed by atoms with van der Waals surface area (Å²) < 4.78 is 35.5. The van der Waals surface area contributed by atoms with Crippen LogP contribution in [-0.4, -0.2) is 20.5 Å². The number of pyridine rings is 1. The standard InChI is InChI=1S/C17H15NO4S/c1-12-9-13-5-3-8-16(17(13)18-11-12)23(19,20)22-15-7-4-6-14(10-15)21-2/h3-11H,1-2H3. The van der Waals surface area contributed by atoms with Gasteiger partial charge < -0.3 is 8.92 Å². The van der Waals surface area contributed by atoms with E-state index in [0.29, 0.717) is 11.3 Å². The third-order valence-electron chi connectivity index (χ3n) is 3.33. The smallest absolute Gasteiger partial charge is 0.341 e. The summed E-state index contributed by atoms with van der Waals surface area (Å²) in [6.07, 6.45) is 1.63. The summed E-state index contributed by atoms with van der Waals surface area (Å²) in [6, 6.07) is 13.3. The maximum atomic E-state index is 12.6. The van der Waals surface area contributed by atoms with Crippen LogP contribution in [-0.2, 0) is 10.1 Å². The molecule has 0 fully saturated rings. The van der Waals surface area contributed by atoms with E-state index in [1.54, 1.807) is 30.5 Å². The van der Waals surface area contributed by atoms with Crippen LogP contribution < -0.4 is 8.92 Å². The first kappa shape index (κ1) is 15.3. The van der Waals surface area contributed by atoms with Crippen molar-refractivity contribution < 1.29 is 17.3 Å². The molecule has 1 heterocycles. The Morgan fingerprint density at radius 2 is 1.74 bits per heavy atom. The topological polar surface area (TPSA) is 65.5 Å². The Kier molecular flexibility index (Phi) is 3.92. The molecule has 0 saturated carbocycles. The molecule has 0 atom stereocenters. The Hall–Kier alpha value is -2.60. The van der Waals surface area contributed by atoms with Crippen molar-refractivity contribution in [2.24, 2.45) is 0 Å². The molecule has 5 nitrogen and oxygen atoms in total. The summed E-state index contributed by atoms with van der Waals surface area (Å²) in [4.78, 5) is 4.28. The number of hydrogen-bond donors (Lipinski definition) is 0. The molecule has 23 heavy (non-hydrogen) atoms. The van der Waals surface area contributed by atoms with Crippen LogP contribution in [0.1, 0.15) is 5.56 Å². The number of fused-ring (bicyclic) bond motifs is 1. The van der Waals surface area contributed by atoms with Gasteiger partial charge in [0.1, 0.15) is 16.4 Å². The third kappa shape index (κ3) is 3.12. The van der Waals surface area contributed by atoms with Crippen molar-refractivity contribution in [3.05, 3.63) is 60.3 Å². The van der Waals surface area contributed by atoms with Crippen LogP contribution in [0, 0.1) is 6.92 Å². The SMILES string of the molecule is COc1cccc(OS(=O)(=O)c2cccc3cc(C)cnc23)c1. The van der Waals surface area contributed by atoms with Gasteiger partial charge in [0.05, 0.1) is 12.6 Å². The van der Waals surface area contributed by atoms with Crippen molar-refractivity contribution in [2.45, 2.75) is 11.8 Å². The lowest BCUT2D eigenvalue weighted by Gasteiger charge is -2.10. The molecular weight excluding hydrogens is 314 g/mol. The van der Waals surface area contributed by atoms with Crippen molar-refractivity contribution in [2.75, 3.05) is 7.11 Å². The summed E-state index contributed by atoms with van der Waals surface area (Å²) in [5.41, 5.74) is 1.35. The highest BCUT2D eigenvalue weighted by atomic mass is 32.2. The zero-order valence-electron chi connectivity index (χ0n) is 12.7. The van der Waals surface area contributed by atoms with Gasteiger partial charge in [-0.3, -0.25) is 4.98 Å². The van der Waals surface area contributed by atoms with E-state index in [0.717, 1.165) is 10.9 Å². The lowest BCUT2D eigenvalue weighted by Crippen LogP contribution is -2.10. The van der Waals surface area contributed by atoms with Crippen LogP contribution in [0.3, 0.4) is 0 Å². The maximum Gasteiger partial charge on any atom is 0.341 e. The monoisotopic (exact) mass is 329 g/mol. The van der Waals surface area contributed by atoms with Crippen LogP contribution in [0.2, 0.25) is 0 Å². The number of para-hydroxylation sites is 1. The molecule has 0 saturated heterocycles. The van der Waals surface area contributed by atoms with Crippen LogP contribution in [0.15, 0.2) is 59.6 Å². The van der Waals surface area contributed by atoms with E-state index in [1.807, 2.05) is 19.1 Å². The molecule has 0 N–H and O–H groups in total. The Bertz CT molecular complexity index is 967. The van der Waals surface area contributed by atoms with Gasteiger partial charge >= 0.3 is 10.1 Å². The van der Waals surface area contributed by atoms with Crippen LogP contribution in [0.4, 0.5) is 0 Å². The fourth-order valence-electron chi connectivity index (χ4n) is 2.27. The van der Waals surface area contributed by atoms with E-state index in [2.05, 4.69) is 4.98 Å². The molecule has 6 heteroatoms. The Balaban J connectivity index is 2.06. The normalized spacial score (nSPS) is 11.4. The van der Waals surface area contributed by atoms with Gasteiger partial charge in [0, 0.05) is 17.6 Å². The second kappa shape index (κ2) is 5.89. The highest BCUT2D eigenvalue weighted by Crippen LogP contribution is 2.26. The molecule has 0 spiro atoms. The summed E-state index contributed by atoms with van der Waals surface area (Å²) in [7, 11) is -2.49. The molecule has 0 unspecified atom stereocenters. The predicted molar refractivity (Wildman–Crippen MR) is 87.3 cm³/mol. The van der Waals surface area contributed by atoms with Crippen molar-refractivity contribution in [3.63, 3.8) is 0 Å². The van der Waals surface area contributed by atoms with Gasteiger partial charge in [-0.25, -0.2) is 0 Å². The maximum absolute atomic E-state index is 12.6. The number of methoxy groups -OCH3 is 1. The minimum Gasteiger partial charge on any atom is -0.497 e. The summed E-state index contributed by atoms with van der Waals surface area (Å²) in [6.45, 7) is 1.90. The van der Waals surface area contributed by atoms with Gasteiger partial charge in [0.2, 0.25) is 0 Å². The third-order valence-corrected chi connectivity index (χ3v) is 4.61. The van der Waals surface area contributed by atoms with Crippen molar-refractivity contribution in [1.82, 2.24) is 4.98 Å². The van der Waals surface area contributed by atoms with Crippen molar-refractivity contribution >= 4 is 21.0 Å². The minimum atomic E-state index is -4.00. The first-order valence-corrected chi connectivity index (χ1v) is 8.34. The van der Waals surface area contributed by atoms with Gasteiger partial charge in [0.15, 0.2) is 0 Å². The van der Waals surface area contributed by atoms with E-state index < -0.39 is 10.1 Å².